The van der Waals surface area contributed by atoms with E-state index in [0.717, 1.165) is 49.4 Å². The van der Waals surface area contributed by atoms with Crippen LogP contribution in [0.25, 0.3) is 0 Å². The van der Waals surface area contributed by atoms with Crippen molar-refractivity contribution < 1.29 is 19.0 Å². The van der Waals surface area contributed by atoms with E-state index in [9.17, 15) is 4.79 Å². The third-order valence-electron chi connectivity index (χ3n) is 7.40. The molecule has 6 heteroatoms. The number of hydrogen-bond acceptors (Lipinski definition) is 6. The molecule has 2 aromatic rings. The summed E-state index contributed by atoms with van der Waals surface area (Å²) in [5.41, 5.74) is 9.91. The van der Waals surface area contributed by atoms with Crippen LogP contribution >= 0.6 is 0 Å². The van der Waals surface area contributed by atoms with Crippen molar-refractivity contribution in [3.05, 3.63) is 58.7 Å². The molecule has 0 amide bonds. The Labute approximate surface area is 203 Å². The van der Waals surface area contributed by atoms with Crippen molar-refractivity contribution >= 4 is 5.97 Å². The van der Waals surface area contributed by atoms with Crippen molar-refractivity contribution in [2.24, 2.45) is 23.5 Å². The van der Waals surface area contributed by atoms with Crippen molar-refractivity contribution in [3.8, 4) is 11.5 Å². The first kappa shape index (κ1) is 24.6. The highest BCUT2D eigenvalue weighted by Gasteiger charge is 2.40. The number of esters is 1. The van der Waals surface area contributed by atoms with Gasteiger partial charge in [0, 0.05) is 25.7 Å². The third-order valence-corrected chi connectivity index (χ3v) is 7.40. The fraction of sp³-hybridized carbons (Fsp3) is 0.536. The van der Waals surface area contributed by atoms with Crippen molar-refractivity contribution in [2.45, 2.75) is 45.7 Å². The Hall–Kier alpha value is -2.57. The minimum atomic E-state index is -0.259. The van der Waals surface area contributed by atoms with E-state index >= 15 is 0 Å². The summed E-state index contributed by atoms with van der Waals surface area (Å²) in [6.07, 6.45) is 3.12. The molecule has 2 aromatic carbocycles. The summed E-state index contributed by atoms with van der Waals surface area (Å²) in [5, 5.41) is 0. The molecule has 0 spiro atoms. The zero-order valence-electron chi connectivity index (χ0n) is 20.9. The standard InChI is InChI=1S/C28H38N2O4/c1-18(2)11-22-16-30-10-9-21-13-26(32-3)27(33-4)14-24(21)25(30)12-23(22)17-34-28(31)20-7-5-19(15-29)6-8-20/h5-8,13-14,18,22-23,25H,9-12,15-17,29H2,1-4H3. The van der Waals surface area contributed by atoms with Crippen LogP contribution in [0.5, 0.6) is 11.5 Å². The number of carbonyl (C=O) groups excluding carboxylic acids is 1. The zero-order chi connectivity index (χ0) is 24.2. The number of ether oxygens (including phenoxy) is 3. The van der Waals surface area contributed by atoms with Gasteiger partial charge in [0.25, 0.3) is 0 Å². The van der Waals surface area contributed by atoms with Crippen LogP contribution in [0.4, 0.5) is 0 Å². The summed E-state index contributed by atoms with van der Waals surface area (Å²) in [5.74, 6) is 2.72. The monoisotopic (exact) mass is 466 g/mol. The molecule has 1 saturated heterocycles. The van der Waals surface area contributed by atoms with E-state index in [1.54, 1.807) is 26.4 Å². The topological polar surface area (TPSA) is 74.0 Å². The van der Waals surface area contributed by atoms with Crippen LogP contribution in [0, 0.1) is 17.8 Å². The van der Waals surface area contributed by atoms with Gasteiger partial charge >= 0.3 is 5.97 Å². The molecule has 4 rings (SSSR count). The first-order chi connectivity index (χ1) is 16.4. The van der Waals surface area contributed by atoms with Crippen molar-refractivity contribution in [1.82, 2.24) is 4.90 Å². The number of hydrogen-bond donors (Lipinski definition) is 1. The minimum absolute atomic E-state index is 0.259. The van der Waals surface area contributed by atoms with E-state index in [0.29, 0.717) is 42.5 Å². The molecule has 2 aliphatic rings. The molecule has 1 fully saturated rings. The highest BCUT2D eigenvalue weighted by Crippen LogP contribution is 2.45. The van der Waals surface area contributed by atoms with Gasteiger partial charge in [-0.3, -0.25) is 4.90 Å². The van der Waals surface area contributed by atoms with E-state index < -0.39 is 0 Å². The lowest BCUT2D eigenvalue weighted by molar-refractivity contribution is 0.0000180. The zero-order valence-corrected chi connectivity index (χ0v) is 20.9. The molecule has 0 bridgehead atoms. The van der Waals surface area contributed by atoms with Gasteiger partial charge in [-0.15, -0.1) is 0 Å². The lowest BCUT2D eigenvalue weighted by atomic mass is 9.74. The van der Waals surface area contributed by atoms with Gasteiger partial charge in [0.2, 0.25) is 0 Å². The predicted octanol–water partition coefficient (Wildman–Crippen LogP) is 4.60. The Kier molecular flexibility index (Phi) is 7.79. The number of benzene rings is 2. The number of methoxy groups -OCH3 is 2. The number of nitrogens with two attached hydrogens (primary N) is 1. The molecular weight excluding hydrogens is 428 g/mol. The molecular formula is C28H38N2O4. The van der Waals surface area contributed by atoms with Gasteiger partial charge < -0.3 is 19.9 Å². The Bertz CT molecular complexity index is 989. The maximum atomic E-state index is 12.8. The lowest BCUT2D eigenvalue weighted by Crippen LogP contribution is -2.47. The maximum Gasteiger partial charge on any atom is 0.338 e. The van der Waals surface area contributed by atoms with E-state index in [1.807, 2.05) is 12.1 Å². The molecule has 2 aliphatic heterocycles. The van der Waals surface area contributed by atoms with Crippen molar-refractivity contribution in [2.75, 3.05) is 33.9 Å². The van der Waals surface area contributed by atoms with Crippen LogP contribution in [-0.2, 0) is 17.7 Å². The number of carbonyl (C=O) groups is 1. The molecule has 0 saturated carbocycles. The van der Waals surface area contributed by atoms with Crippen LogP contribution in [0.15, 0.2) is 36.4 Å². The highest BCUT2D eigenvalue weighted by molar-refractivity contribution is 5.89. The van der Waals surface area contributed by atoms with E-state index in [2.05, 4.69) is 30.9 Å². The SMILES string of the molecule is COc1cc2c(cc1OC)C1CC(COC(=O)c3ccc(CN)cc3)C(CC(C)C)CN1CC2. The van der Waals surface area contributed by atoms with Gasteiger partial charge in [-0.2, -0.15) is 0 Å². The van der Waals surface area contributed by atoms with Crippen LogP contribution < -0.4 is 15.2 Å². The molecule has 3 atom stereocenters. The van der Waals surface area contributed by atoms with Gasteiger partial charge in [0.05, 0.1) is 26.4 Å². The molecule has 184 valence electrons. The fourth-order valence-electron chi connectivity index (χ4n) is 5.62. The summed E-state index contributed by atoms with van der Waals surface area (Å²) in [4.78, 5) is 15.4. The predicted molar refractivity (Wildman–Crippen MR) is 133 cm³/mol. The molecule has 2 N–H and O–H groups in total. The molecule has 6 nitrogen and oxygen atoms in total. The number of fused-ring (bicyclic) bond motifs is 3. The summed E-state index contributed by atoms with van der Waals surface area (Å²) < 4.78 is 17.0. The van der Waals surface area contributed by atoms with E-state index in [4.69, 9.17) is 19.9 Å². The summed E-state index contributed by atoms with van der Waals surface area (Å²) in [7, 11) is 3.37. The fourth-order valence-corrected chi connectivity index (χ4v) is 5.62. The molecule has 0 radical (unpaired) electrons. The van der Waals surface area contributed by atoms with Crippen LogP contribution in [-0.4, -0.2) is 44.8 Å². The number of rotatable bonds is 8. The smallest absolute Gasteiger partial charge is 0.338 e. The third kappa shape index (κ3) is 5.23. The lowest BCUT2D eigenvalue weighted by Gasteiger charge is -2.47. The maximum absolute atomic E-state index is 12.8. The Balaban J connectivity index is 1.53. The Morgan fingerprint density at radius 1 is 1.09 bits per heavy atom. The minimum Gasteiger partial charge on any atom is -0.493 e. The van der Waals surface area contributed by atoms with Gasteiger partial charge in [0.1, 0.15) is 0 Å². The van der Waals surface area contributed by atoms with E-state index in [1.165, 1.54) is 11.1 Å². The second-order valence-electron chi connectivity index (χ2n) is 10.1. The molecule has 2 heterocycles. The van der Waals surface area contributed by atoms with Crippen molar-refractivity contribution in [3.63, 3.8) is 0 Å². The van der Waals surface area contributed by atoms with Gasteiger partial charge in [-0.25, -0.2) is 4.79 Å². The molecule has 3 unspecified atom stereocenters. The first-order valence-electron chi connectivity index (χ1n) is 12.4. The van der Waals surface area contributed by atoms with Gasteiger partial charge in [-0.05, 0) is 78.0 Å². The second kappa shape index (κ2) is 10.8. The average molecular weight is 467 g/mol. The second-order valence-corrected chi connectivity index (χ2v) is 10.1. The number of nitrogens with zero attached hydrogens (tertiary/aromatic N) is 1. The Morgan fingerprint density at radius 3 is 2.44 bits per heavy atom. The quantitative estimate of drug-likeness (QED) is 0.573. The highest BCUT2D eigenvalue weighted by atomic mass is 16.5. The van der Waals surface area contributed by atoms with E-state index in [-0.39, 0.29) is 5.97 Å². The summed E-state index contributed by atoms with van der Waals surface area (Å²) in [6, 6.07) is 12.0. The molecule has 0 aromatic heterocycles. The van der Waals surface area contributed by atoms with Crippen LogP contribution in [0.2, 0.25) is 0 Å². The van der Waals surface area contributed by atoms with Crippen LogP contribution in [0.3, 0.4) is 0 Å². The summed E-state index contributed by atoms with van der Waals surface area (Å²) in [6.45, 7) is 7.53. The first-order valence-corrected chi connectivity index (χ1v) is 12.4. The largest absolute Gasteiger partial charge is 0.493 e. The average Bonchev–Trinajstić information content (AvgIpc) is 2.85. The molecule has 0 aliphatic carbocycles. The molecule has 34 heavy (non-hydrogen) atoms. The van der Waals surface area contributed by atoms with Crippen LogP contribution in [0.1, 0.15) is 59.8 Å². The van der Waals surface area contributed by atoms with Gasteiger partial charge in [-0.1, -0.05) is 26.0 Å². The normalized spacial score (nSPS) is 22.1. The van der Waals surface area contributed by atoms with Crippen molar-refractivity contribution in [1.29, 1.82) is 0 Å². The Morgan fingerprint density at radius 2 is 1.79 bits per heavy atom. The number of piperidine rings is 1. The summed E-state index contributed by atoms with van der Waals surface area (Å²) >= 11 is 0. The van der Waals surface area contributed by atoms with Gasteiger partial charge in [0.15, 0.2) is 11.5 Å².